The first-order valence-corrected chi connectivity index (χ1v) is 6.34. The molecule has 20 heavy (non-hydrogen) atoms. The van der Waals surface area contributed by atoms with Crippen molar-refractivity contribution < 1.29 is 18.4 Å². The molecular formula is C13H18F2N2O3. The lowest BCUT2D eigenvalue weighted by atomic mass is 10.1. The third kappa shape index (κ3) is 4.50. The van der Waals surface area contributed by atoms with E-state index in [0.717, 1.165) is 18.9 Å². The van der Waals surface area contributed by atoms with Gasteiger partial charge in [-0.2, -0.15) is 4.39 Å². The number of nitro benzene ring substituents is 1. The first-order valence-electron chi connectivity index (χ1n) is 6.34. The summed E-state index contributed by atoms with van der Waals surface area (Å²) >= 11 is 0. The minimum Gasteiger partial charge on any atom is -0.383 e. The fraction of sp³-hybridized carbons (Fsp3) is 0.538. The minimum atomic E-state index is -1.17. The van der Waals surface area contributed by atoms with E-state index in [0.29, 0.717) is 12.7 Å². The molecule has 1 unspecified atom stereocenters. The van der Waals surface area contributed by atoms with Crippen LogP contribution in [0.4, 0.5) is 14.5 Å². The molecule has 1 aromatic carbocycles. The van der Waals surface area contributed by atoms with Crippen LogP contribution in [0.5, 0.6) is 0 Å². The predicted octanol–water partition coefficient (Wildman–Crippen LogP) is 2.78. The Morgan fingerprint density at radius 3 is 2.65 bits per heavy atom. The third-order valence-electron chi connectivity index (χ3n) is 2.90. The number of nitro groups is 1. The molecule has 1 atom stereocenters. The summed E-state index contributed by atoms with van der Waals surface area (Å²) in [6.07, 6.45) is 1.76. The quantitative estimate of drug-likeness (QED) is 0.590. The first-order chi connectivity index (χ1) is 9.49. The number of nitrogens with one attached hydrogen (secondary N) is 1. The number of hydrogen-bond donors (Lipinski definition) is 1. The Balaban J connectivity index is 2.81. The third-order valence-corrected chi connectivity index (χ3v) is 2.90. The van der Waals surface area contributed by atoms with Crippen molar-refractivity contribution in [2.45, 2.75) is 32.4 Å². The van der Waals surface area contributed by atoms with Crippen LogP contribution in [0, 0.1) is 21.7 Å². The van der Waals surface area contributed by atoms with Gasteiger partial charge in [-0.05, 0) is 6.42 Å². The first kappa shape index (κ1) is 16.5. The van der Waals surface area contributed by atoms with E-state index < -0.39 is 22.2 Å². The maximum absolute atomic E-state index is 13.6. The van der Waals surface area contributed by atoms with Crippen molar-refractivity contribution in [3.05, 3.63) is 39.4 Å². The standard InChI is InChI=1S/C13H18F2N2O3/c1-3-4-10(8-20-2)16-7-9-5-13(17(18)19)12(15)6-11(9)14/h5-6,10,16H,3-4,7-8H2,1-2H3. The molecule has 0 radical (unpaired) electrons. The summed E-state index contributed by atoms with van der Waals surface area (Å²) in [6, 6.07) is 1.49. The zero-order chi connectivity index (χ0) is 15.1. The van der Waals surface area contributed by atoms with Gasteiger partial charge >= 0.3 is 5.69 Å². The van der Waals surface area contributed by atoms with Crippen LogP contribution < -0.4 is 5.32 Å². The van der Waals surface area contributed by atoms with E-state index in [9.17, 15) is 18.9 Å². The van der Waals surface area contributed by atoms with Gasteiger partial charge in [-0.1, -0.05) is 13.3 Å². The van der Waals surface area contributed by atoms with Crippen LogP contribution in [0.25, 0.3) is 0 Å². The summed E-state index contributed by atoms with van der Waals surface area (Å²) in [5.41, 5.74) is -0.655. The second-order valence-electron chi connectivity index (χ2n) is 4.47. The molecule has 0 spiro atoms. The molecule has 1 N–H and O–H groups in total. The molecular weight excluding hydrogens is 270 g/mol. The lowest BCUT2D eigenvalue weighted by Gasteiger charge is -2.17. The number of hydrogen-bond acceptors (Lipinski definition) is 4. The average molecular weight is 288 g/mol. The van der Waals surface area contributed by atoms with Crippen LogP contribution in [0.2, 0.25) is 0 Å². The van der Waals surface area contributed by atoms with Crippen LogP contribution >= 0.6 is 0 Å². The van der Waals surface area contributed by atoms with Crippen molar-refractivity contribution in [1.29, 1.82) is 0 Å². The Bertz CT molecular complexity index is 463. The van der Waals surface area contributed by atoms with Crippen molar-refractivity contribution in [2.24, 2.45) is 0 Å². The molecule has 0 aliphatic carbocycles. The lowest BCUT2D eigenvalue weighted by molar-refractivity contribution is -0.387. The van der Waals surface area contributed by atoms with Gasteiger partial charge < -0.3 is 10.1 Å². The van der Waals surface area contributed by atoms with Crippen LogP contribution in [0.1, 0.15) is 25.3 Å². The summed E-state index contributed by atoms with van der Waals surface area (Å²) in [5, 5.41) is 13.7. The smallest absolute Gasteiger partial charge is 0.305 e. The monoisotopic (exact) mass is 288 g/mol. The molecule has 1 rings (SSSR count). The predicted molar refractivity (Wildman–Crippen MR) is 70.4 cm³/mol. The lowest BCUT2D eigenvalue weighted by Crippen LogP contribution is -2.32. The summed E-state index contributed by atoms with van der Waals surface area (Å²) in [5.74, 6) is -1.97. The summed E-state index contributed by atoms with van der Waals surface area (Å²) in [6.45, 7) is 2.55. The Labute approximate surface area is 116 Å². The number of methoxy groups -OCH3 is 1. The molecule has 0 aromatic heterocycles. The van der Waals surface area contributed by atoms with E-state index in [4.69, 9.17) is 4.74 Å². The zero-order valence-electron chi connectivity index (χ0n) is 11.5. The molecule has 0 heterocycles. The number of rotatable bonds is 8. The van der Waals surface area contributed by atoms with Gasteiger partial charge in [0.15, 0.2) is 0 Å². The van der Waals surface area contributed by atoms with Crippen molar-refractivity contribution in [2.75, 3.05) is 13.7 Å². The van der Waals surface area contributed by atoms with Crippen molar-refractivity contribution in [1.82, 2.24) is 5.32 Å². The highest BCUT2D eigenvalue weighted by Gasteiger charge is 2.19. The van der Waals surface area contributed by atoms with E-state index in [2.05, 4.69) is 5.32 Å². The zero-order valence-corrected chi connectivity index (χ0v) is 11.5. The van der Waals surface area contributed by atoms with E-state index in [1.165, 1.54) is 0 Å². The maximum atomic E-state index is 13.6. The molecule has 0 aliphatic rings. The molecule has 0 aliphatic heterocycles. The minimum absolute atomic E-state index is 0.0218. The number of benzene rings is 1. The largest absolute Gasteiger partial charge is 0.383 e. The molecule has 1 aromatic rings. The molecule has 112 valence electrons. The second kappa shape index (κ2) is 7.86. The van der Waals surface area contributed by atoms with Crippen molar-refractivity contribution >= 4 is 5.69 Å². The number of halogens is 2. The van der Waals surface area contributed by atoms with Gasteiger partial charge in [0.25, 0.3) is 0 Å². The highest BCUT2D eigenvalue weighted by atomic mass is 19.1. The molecule has 0 amide bonds. The molecule has 7 heteroatoms. The fourth-order valence-electron chi connectivity index (χ4n) is 1.90. The molecule has 5 nitrogen and oxygen atoms in total. The van der Waals surface area contributed by atoms with E-state index in [-0.39, 0.29) is 18.2 Å². The topological polar surface area (TPSA) is 64.4 Å². The van der Waals surface area contributed by atoms with Gasteiger partial charge in [-0.15, -0.1) is 0 Å². The molecule has 0 fully saturated rings. The van der Waals surface area contributed by atoms with Crippen molar-refractivity contribution in [3.8, 4) is 0 Å². The Morgan fingerprint density at radius 1 is 1.40 bits per heavy atom. The van der Waals surface area contributed by atoms with E-state index in [1.54, 1.807) is 7.11 Å². The van der Waals surface area contributed by atoms with Crippen LogP contribution in [-0.4, -0.2) is 24.7 Å². The van der Waals surface area contributed by atoms with E-state index in [1.807, 2.05) is 6.92 Å². The Hall–Kier alpha value is -1.60. The SMILES string of the molecule is CCCC(COC)NCc1cc([N+](=O)[O-])c(F)cc1F. The number of ether oxygens (including phenoxy) is 1. The average Bonchev–Trinajstić information content (AvgIpc) is 2.37. The maximum Gasteiger partial charge on any atom is 0.305 e. The van der Waals surface area contributed by atoms with Gasteiger partial charge in [0.05, 0.1) is 11.5 Å². The highest BCUT2D eigenvalue weighted by Crippen LogP contribution is 2.21. The van der Waals surface area contributed by atoms with Gasteiger partial charge in [0.1, 0.15) is 5.82 Å². The van der Waals surface area contributed by atoms with Crippen molar-refractivity contribution in [3.63, 3.8) is 0 Å². The molecule has 0 saturated heterocycles. The highest BCUT2D eigenvalue weighted by molar-refractivity contribution is 5.37. The van der Waals surface area contributed by atoms with E-state index >= 15 is 0 Å². The second-order valence-corrected chi connectivity index (χ2v) is 4.47. The van der Waals surface area contributed by atoms with Gasteiger partial charge in [0, 0.05) is 37.4 Å². The van der Waals surface area contributed by atoms with Crippen LogP contribution in [0.15, 0.2) is 12.1 Å². The Morgan fingerprint density at radius 2 is 2.10 bits per heavy atom. The van der Waals surface area contributed by atoms with Crippen LogP contribution in [-0.2, 0) is 11.3 Å². The summed E-state index contributed by atoms with van der Waals surface area (Å²) in [4.78, 5) is 9.77. The summed E-state index contributed by atoms with van der Waals surface area (Å²) in [7, 11) is 1.56. The molecule has 0 bridgehead atoms. The van der Waals surface area contributed by atoms with Gasteiger partial charge in [-0.25, -0.2) is 4.39 Å². The van der Waals surface area contributed by atoms with Crippen LogP contribution in [0.3, 0.4) is 0 Å². The normalized spacial score (nSPS) is 12.4. The van der Waals surface area contributed by atoms with Gasteiger partial charge in [-0.3, -0.25) is 10.1 Å². The molecule has 0 saturated carbocycles. The fourth-order valence-corrected chi connectivity index (χ4v) is 1.90. The van der Waals surface area contributed by atoms with Gasteiger partial charge in [0.2, 0.25) is 5.82 Å². The Kier molecular flexibility index (Phi) is 6.47. The summed E-state index contributed by atoms with van der Waals surface area (Å²) < 4.78 is 31.8. The number of nitrogens with zero attached hydrogens (tertiary/aromatic N) is 1.